The molecule has 0 aliphatic heterocycles. The highest BCUT2D eigenvalue weighted by Gasteiger charge is 2.02. The Kier molecular flexibility index (Phi) is 2.64. The van der Waals surface area contributed by atoms with Gasteiger partial charge in [-0.25, -0.2) is 4.98 Å². The Balaban J connectivity index is 2.16. The standard InChI is InChI=1S/C10H12N4O/c1-7-4-10(14-13-7)15-9-5-8(6-11)2-3-12-9/h2-5H,6,11H2,1H3,(H,13,14). The summed E-state index contributed by atoms with van der Waals surface area (Å²) in [5.74, 6) is 1.01. The monoisotopic (exact) mass is 204 g/mol. The van der Waals surface area contributed by atoms with Crippen LogP contribution in [0.1, 0.15) is 11.3 Å². The van der Waals surface area contributed by atoms with Gasteiger partial charge >= 0.3 is 0 Å². The number of H-pyrrole nitrogens is 1. The summed E-state index contributed by atoms with van der Waals surface area (Å²) in [6.45, 7) is 2.38. The molecule has 5 heteroatoms. The highest BCUT2D eigenvalue weighted by molar-refractivity contribution is 5.24. The molecule has 0 bridgehead atoms. The average Bonchev–Trinajstić information content (AvgIpc) is 2.64. The van der Waals surface area contributed by atoms with Crippen LogP contribution >= 0.6 is 0 Å². The maximum Gasteiger partial charge on any atom is 0.240 e. The maximum atomic E-state index is 5.51. The number of aromatic nitrogens is 3. The van der Waals surface area contributed by atoms with Gasteiger partial charge in [-0.1, -0.05) is 0 Å². The molecule has 0 aliphatic rings. The second-order valence-corrected chi connectivity index (χ2v) is 3.20. The van der Waals surface area contributed by atoms with Gasteiger partial charge in [-0.05, 0) is 18.6 Å². The van der Waals surface area contributed by atoms with Crippen molar-refractivity contribution < 1.29 is 4.74 Å². The summed E-state index contributed by atoms with van der Waals surface area (Å²) in [6.07, 6.45) is 1.66. The van der Waals surface area contributed by atoms with Crippen molar-refractivity contribution in [1.82, 2.24) is 15.2 Å². The first kappa shape index (κ1) is 9.67. The lowest BCUT2D eigenvalue weighted by molar-refractivity contribution is 0.443. The van der Waals surface area contributed by atoms with Crippen molar-refractivity contribution in [1.29, 1.82) is 0 Å². The highest BCUT2D eigenvalue weighted by Crippen LogP contribution is 2.17. The summed E-state index contributed by atoms with van der Waals surface area (Å²) < 4.78 is 5.43. The van der Waals surface area contributed by atoms with Crippen molar-refractivity contribution >= 4 is 0 Å². The molecule has 2 aromatic heterocycles. The van der Waals surface area contributed by atoms with E-state index in [-0.39, 0.29) is 0 Å². The molecule has 2 aromatic rings. The van der Waals surface area contributed by atoms with E-state index < -0.39 is 0 Å². The maximum absolute atomic E-state index is 5.51. The minimum atomic E-state index is 0.471. The number of pyridine rings is 1. The first-order valence-electron chi connectivity index (χ1n) is 4.63. The van der Waals surface area contributed by atoms with E-state index in [9.17, 15) is 0 Å². The summed E-state index contributed by atoms with van der Waals surface area (Å²) in [5.41, 5.74) is 7.43. The normalized spacial score (nSPS) is 10.3. The lowest BCUT2D eigenvalue weighted by Crippen LogP contribution is -1.97. The van der Waals surface area contributed by atoms with Crippen LogP contribution in [-0.2, 0) is 6.54 Å². The first-order valence-corrected chi connectivity index (χ1v) is 4.63. The molecule has 5 nitrogen and oxygen atoms in total. The number of nitrogens with two attached hydrogens (primary N) is 1. The molecule has 0 saturated heterocycles. The molecule has 2 rings (SSSR count). The predicted octanol–water partition coefficient (Wildman–Crippen LogP) is 1.36. The molecule has 15 heavy (non-hydrogen) atoms. The fraction of sp³-hybridized carbons (Fsp3) is 0.200. The van der Waals surface area contributed by atoms with Crippen LogP contribution < -0.4 is 10.5 Å². The van der Waals surface area contributed by atoms with Gasteiger partial charge in [0.2, 0.25) is 11.8 Å². The van der Waals surface area contributed by atoms with E-state index in [1.807, 2.05) is 13.0 Å². The Morgan fingerprint density at radius 3 is 2.93 bits per heavy atom. The third kappa shape index (κ3) is 2.32. The van der Waals surface area contributed by atoms with Gasteiger partial charge in [0, 0.05) is 30.6 Å². The average molecular weight is 204 g/mol. The third-order valence-corrected chi connectivity index (χ3v) is 1.93. The number of rotatable bonds is 3. The predicted molar refractivity (Wildman–Crippen MR) is 55.5 cm³/mol. The number of hydrogen-bond donors (Lipinski definition) is 2. The molecule has 0 unspecified atom stereocenters. The molecule has 0 aromatic carbocycles. The molecule has 0 spiro atoms. The van der Waals surface area contributed by atoms with Crippen LogP contribution in [0.2, 0.25) is 0 Å². The van der Waals surface area contributed by atoms with E-state index in [1.54, 1.807) is 18.3 Å². The largest absolute Gasteiger partial charge is 0.419 e. The van der Waals surface area contributed by atoms with Crippen LogP contribution in [0, 0.1) is 6.92 Å². The Bertz CT molecular complexity index is 452. The van der Waals surface area contributed by atoms with E-state index in [4.69, 9.17) is 10.5 Å². The third-order valence-electron chi connectivity index (χ3n) is 1.93. The Morgan fingerprint density at radius 1 is 1.40 bits per heavy atom. The lowest BCUT2D eigenvalue weighted by Gasteiger charge is -2.01. The van der Waals surface area contributed by atoms with Gasteiger partial charge in [-0.2, -0.15) is 0 Å². The summed E-state index contributed by atoms with van der Waals surface area (Å²) in [4.78, 5) is 4.06. The number of ether oxygens (including phenoxy) is 1. The zero-order chi connectivity index (χ0) is 10.7. The lowest BCUT2D eigenvalue weighted by atomic mass is 10.3. The van der Waals surface area contributed by atoms with Gasteiger partial charge in [-0.3, -0.25) is 5.10 Å². The molecule has 0 atom stereocenters. The molecule has 2 heterocycles. The van der Waals surface area contributed by atoms with Gasteiger partial charge in [0.15, 0.2) is 0 Å². The zero-order valence-electron chi connectivity index (χ0n) is 8.40. The number of aryl methyl sites for hydroxylation is 1. The van der Waals surface area contributed by atoms with Gasteiger partial charge in [-0.15, -0.1) is 5.10 Å². The minimum absolute atomic E-state index is 0.471. The molecule has 0 saturated carbocycles. The van der Waals surface area contributed by atoms with Gasteiger partial charge in [0.1, 0.15) is 0 Å². The van der Waals surface area contributed by atoms with Crippen molar-refractivity contribution in [3.8, 4) is 11.8 Å². The second-order valence-electron chi connectivity index (χ2n) is 3.20. The van der Waals surface area contributed by atoms with Crippen LogP contribution in [0.15, 0.2) is 24.4 Å². The topological polar surface area (TPSA) is 76.8 Å². The smallest absolute Gasteiger partial charge is 0.240 e. The minimum Gasteiger partial charge on any atom is -0.419 e. The number of nitrogens with zero attached hydrogens (tertiary/aromatic N) is 2. The summed E-state index contributed by atoms with van der Waals surface area (Å²) >= 11 is 0. The van der Waals surface area contributed by atoms with Gasteiger partial charge < -0.3 is 10.5 Å². The zero-order valence-corrected chi connectivity index (χ0v) is 8.40. The van der Waals surface area contributed by atoms with Gasteiger partial charge in [0.05, 0.1) is 0 Å². The van der Waals surface area contributed by atoms with Crippen LogP contribution in [0.25, 0.3) is 0 Å². The van der Waals surface area contributed by atoms with E-state index in [2.05, 4.69) is 15.2 Å². The second kappa shape index (κ2) is 4.10. The summed E-state index contributed by atoms with van der Waals surface area (Å²) in [5, 5.41) is 6.74. The van der Waals surface area contributed by atoms with Crippen molar-refractivity contribution in [2.24, 2.45) is 5.73 Å². The summed E-state index contributed by atoms with van der Waals surface area (Å²) in [7, 11) is 0. The van der Waals surface area contributed by atoms with Crippen LogP contribution in [0.4, 0.5) is 0 Å². The summed E-state index contributed by atoms with van der Waals surface area (Å²) in [6, 6.07) is 5.45. The molecule has 0 radical (unpaired) electrons. The quantitative estimate of drug-likeness (QED) is 0.791. The number of aromatic amines is 1. The fourth-order valence-corrected chi connectivity index (χ4v) is 1.19. The van der Waals surface area contributed by atoms with E-state index in [0.717, 1.165) is 11.3 Å². The highest BCUT2D eigenvalue weighted by atomic mass is 16.5. The van der Waals surface area contributed by atoms with Crippen LogP contribution in [0.3, 0.4) is 0 Å². The molecule has 0 aliphatic carbocycles. The molecular formula is C10H12N4O. The van der Waals surface area contributed by atoms with Crippen molar-refractivity contribution in [2.45, 2.75) is 13.5 Å². The Hall–Kier alpha value is -1.88. The molecule has 0 fully saturated rings. The van der Waals surface area contributed by atoms with Gasteiger partial charge in [0.25, 0.3) is 0 Å². The Morgan fingerprint density at radius 2 is 2.27 bits per heavy atom. The molecule has 3 N–H and O–H groups in total. The van der Waals surface area contributed by atoms with E-state index in [0.29, 0.717) is 18.3 Å². The Labute approximate surface area is 87.3 Å². The molecular weight excluding hydrogens is 192 g/mol. The number of hydrogen-bond acceptors (Lipinski definition) is 4. The van der Waals surface area contributed by atoms with Crippen molar-refractivity contribution in [3.05, 3.63) is 35.7 Å². The van der Waals surface area contributed by atoms with E-state index in [1.165, 1.54) is 0 Å². The fourth-order valence-electron chi connectivity index (χ4n) is 1.19. The number of nitrogens with one attached hydrogen (secondary N) is 1. The molecule has 0 amide bonds. The van der Waals surface area contributed by atoms with Crippen molar-refractivity contribution in [2.75, 3.05) is 0 Å². The first-order chi connectivity index (χ1) is 7.28. The van der Waals surface area contributed by atoms with Crippen LogP contribution in [0.5, 0.6) is 11.8 Å². The van der Waals surface area contributed by atoms with E-state index >= 15 is 0 Å². The van der Waals surface area contributed by atoms with Crippen LogP contribution in [-0.4, -0.2) is 15.2 Å². The molecule has 78 valence electrons. The van der Waals surface area contributed by atoms with Crippen molar-refractivity contribution in [3.63, 3.8) is 0 Å². The SMILES string of the molecule is Cc1cc(Oc2cc(CN)ccn2)n[nH]1.